The summed E-state index contributed by atoms with van der Waals surface area (Å²) in [5.74, 6) is 1.63. The summed E-state index contributed by atoms with van der Waals surface area (Å²) in [6.45, 7) is 0.375. The first kappa shape index (κ1) is 17.9. The van der Waals surface area contributed by atoms with E-state index < -0.39 is 0 Å². The number of methoxy groups -OCH3 is 1. The SMILES string of the molecule is COc1ccccc1CNC(=O)c1ccc(Oc2ccc(Br)cc2)nc1. The van der Waals surface area contributed by atoms with E-state index in [4.69, 9.17) is 9.47 Å². The number of para-hydroxylation sites is 1. The quantitative estimate of drug-likeness (QED) is 0.643. The topological polar surface area (TPSA) is 60.5 Å². The Bertz CT molecular complexity index is 880. The van der Waals surface area contributed by atoms with E-state index in [0.29, 0.717) is 23.7 Å². The number of pyridine rings is 1. The average molecular weight is 413 g/mol. The number of carbonyl (C=O) groups is 1. The van der Waals surface area contributed by atoms with Gasteiger partial charge in [0.25, 0.3) is 5.91 Å². The van der Waals surface area contributed by atoms with Crippen LogP contribution in [0.1, 0.15) is 15.9 Å². The van der Waals surface area contributed by atoms with Crippen LogP contribution < -0.4 is 14.8 Å². The van der Waals surface area contributed by atoms with E-state index in [-0.39, 0.29) is 5.91 Å². The van der Waals surface area contributed by atoms with Crippen LogP contribution in [0.25, 0.3) is 0 Å². The molecule has 1 aromatic heterocycles. The minimum absolute atomic E-state index is 0.210. The lowest BCUT2D eigenvalue weighted by atomic mass is 10.2. The van der Waals surface area contributed by atoms with E-state index in [1.165, 1.54) is 6.20 Å². The smallest absolute Gasteiger partial charge is 0.253 e. The third-order valence-corrected chi connectivity index (χ3v) is 4.20. The zero-order valence-corrected chi connectivity index (χ0v) is 15.7. The number of aromatic nitrogens is 1. The van der Waals surface area contributed by atoms with E-state index in [9.17, 15) is 4.79 Å². The number of amides is 1. The van der Waals surface area contributed by atoms with Gasteiger partial charge in [-0.15, -0.1) is 0 Å². The highest BCUT2D eigenvalue weighted by Crippen LogP contribution is 2.22. The van der Waals surface area contributed by atoms with Gasteiger partial charge in [-0.05, 0) is 36.4 Å². The molecule has 0 aliphatic heterocycles. The summed E-state index contributed by atoms with van der Waals surface area (Å²) in [5, 5.41) is 2.86. The van der Waals surface area contributed by atoms with Crippen molar-refractivity contribution >= 4 is 21.8 Å². The summed E-state index contributed by atoms with van der Waals surface area (Å²) >= 11 is 3.37. The Morgan fingerprint density at radius 2 is 1.85 bits per heavy atom. The Balaban J connectivity index is 1.60. The summed E-state index contributed by atoms with van der Waals surface area (Å²) < 4.78 is 11.9. The van der Waals surface area contributed by atoms with Crippen LogP contribution in [0.5, 0.6) is 17.4 Å². The molecule has 132 valence electrons. The van der Waals surface area contributed by atoms with Gasteiger partial charge in [-0.3, -0.25) is 4.79 Å². The Kier molecular flexibility index (Phi) is 5.86. The van der Waals surface area contributed by atoms with Crippen LogP contribution in [0.4, 0.5) is 0 Å². The molecule has 0 saturated carbocycles. The van der Waals surface area contributed by atoms with Crippen LogP contribution in [0.2, 0.25) is 0 Å². The summed E-state index contributed by atoms with van der Waals surface area (Å²) in [6, 6.07) is 18.3. The molecule has 5 nitrogen and oxygen atoms in total. The molecule has 1 heterocycles. The minimum atomic E-state index is -0.210. The number of ether oxygens (including phenoxy) is 2. The van der Waals surface area contributed by atoms with Gasteiger partial charge in [0.15, 0.2) is 0 Å². The molecule has 6 heteroatoms. The maximum atomic E-state index is 12.3. The number of benzene rings is 2. The van der Waals surface area contributed by atoms with E-state index in [1.807, 2.05) is 48.5 Å². The van der Waals surface area contributed by atoms with Gasteiger partial charge in [0.2, 0.25) is 5.88 Å². The molecule has 0 saturated heterocycles. The van der Waals surface area contributed by atoms with Gasteiger partial charge in [-0.1, -0.05) is 34.1 Å². The van der Waals surface area contributed by atoms with Gasteiger partial charge in [0.1, 0.15) is 11.5 Å². The minimum Gasteiger partial charge on any atom is -0.496 e. The highest BCUT2D eigenvalue weighted by molar-refractivity contribution is 9.10. The van der Waals surface area contributed by atoms with Gasteiger partial charge < -0.3 is 14.8 Å². The first-order valence-electron chi connectivity index (χ1n) is 7.95. The second-order valence-corrected chi connectivity index (χ2v) is 6.35. The van der Waals surface area contributed by atoms with E-state index in [2.05, 4.69) is 26.2 Å². The third-order valence-electron chi connectivity index (χ3n) is 3.67. The molecule has 1 amide bonds. The molecule has 0 aliphatic rings. The van der Waals surface area contributed by atoms with Crippen molar-refractivity contribution in [2.45, 2.75) is 6.54 Å². The molecule has 26 heavy (non-hydrogen) atoms. The number of halogens is 1. The lowest BCUT2D eigenvalue weighted by Gasteiger charge is -2.10. The zero-order chi connectivity index (χ0) is 18.4. The molecule has 0 fully saturated rings. The van der Waals surface area contributed by atoms with Gasteiger partial charge in [-0.2, -0.15) is 0 Å². The van der Waals surface area contributed by atoms with E-state index in [1.54, 1.807) is 19.2 Å². The first-order valence-corrected chi connectivity index (χ1v) is 8.74. The fraction of sp³-hybridized carbons (Fsp3) is 0.100. The Morgan fingerprint density at radius 1 is 1.08 bits per heavy atom. The standard InChI is InChI=1S/C20H17BrN2O3/c1-25-18-5-3-2-4-14(18)12-23-20(24)15-6-11-19(22-13-15)26-17-9-7-16(21)8-10-17/h2-11,13H,12H2,1H3,(H,23,24). The molecule has 2 aromatic carbocycles. The van der Waals surface area contributed by atoms with Crippen molar-refractivity contribution in [1.29, 1.82) is 0 Å². The number of hydrogen-bond donors (Lipinski definition) is 1. The molecule has 3 aromatic rings. The molecule has 1 N–H and O–H groups in total. The van der Waals surface area contributed by atoms with Gasteiger partial charge in [0, 0.05) is 28.8 Å². The summed E-state index contributed by atoms with van der Waals surface area (Å²) in [5.41, 5.74) is 1.37. The fourth-order valence-corrected chi connectivity index (χ4v) is 2.59. The van der Waals surface area contributed by atoms with Crippen molar-refractivity contribution in [3.63, 3.8) is 0 Å². The molecule has 0 atom stereocenters. The van der Waals surface area contributed by atoms with Crippen molar-refractivity contribution in [2.24, 2.45) is 0 Å². The average Bonchev–Trinajstić information content (AvgIpc) is 2.68. The molecule has 0 aliphatic carbocycles. The second-order valence-electron chi connectivity index (χ2n) is 5.44. The third kappa shape index (κ3) is 4.61. The van der Waals surface area contributed by atoms with Crippen molar-refractivity contribution in [3.05, 3.63) is 82.5 Å². The predicted molar refractivity (Wildman–Crippen MR) is 103 cm³/mol. The number of carbonyl (C=O) groups excluding carboxylic acids is 1. The lowest BCUT2D eigenvalue weighted by Crippen LogP contribution is -2.23. The maximum Gasteiger partial charge on any atom is 0.253 e. The molecule has 0 spiro atoms. The normalized spacial score (nSPS) is 10.2. The monoisotopic (exact) mass is 412 g/mol. The lowest BCUT2D eigenvalue weighted by molar-refractivity contribution is 0.0950. The van der Waals surface area contributed by atoms with E-state index >= 15 is 0 Å². The zero-order valence-electron chi connectivity index (χ0n) is 14.1. The molecule has 0 radical (unpaired) electrons. The maximum absolute atomic E-state index is 12.3. The molecule has 0 bridgehead atoms. The van der Waals surface area contributed by atoms with Crippen LogP contribution in [0, 0.1) is 0 Å². The summed E-state index contributed by atoms with van der Waals surface area (Å²) in [4.78, 5) is 16.5. The molecule has 3 rings (SSSR count). The largest absolute Gasteiger partial charge is 0.496 e. The Hall–Kier alpha value is -2.86. The highest BCUT2D eigenvalue weighted by Gasteiger charge is 2.09. The number of nitrogens with one attached hydrogen (secondary N) is 1. The number of nitrogens with zero attached hydrogens (tertiary/aromatic N) is 1. The molecular formula is C20H17BrN2O3. The predicted octanol–water partition coefficient (Wildman–Crippen LogP) is 4.58. The Morgan fingerprint density at radius 3 is 2.54 bits per heavy atom. The van der Waals surface area contributed by atoms with Gasteiger partial charge >= 0.3 is 0 Å². The van der Waals surface area contributed by atoms with Crippen LogP contribution in [-0.2, 0) is 6.54 Å². The van der Waals surface area contributed by atoms with Crippen LogP contribution >= 0.6 is 15.9 Å². The summed E-state index contributed by atoms with van der Waals surface area (Å²) in [7, 11) is 1.61. The second kappa shape index (κ2) is 8.49. The fourth-order valence-electron chi connectivity index (χ4n) is 2.32. The van der Waals surface area contributed by atoms with Crippen molar-refractivity contribution < 1.29 is 14.3 Å². The van der Waals surface area contributed by atoms with Gasteiger partial charge in [-0.25, -0.2) is 4.98 Å². The van der Waals surface area contributed by atoms with Crippen molar-refractivity contribution in [2.75, 3.05) is 7.11 Å². The van der Waals surface area contributed by atoms with Crippen molar-refractivity contribution in [1.82, 2.24) is 10.3 Å². The van der Waals surface area contributed by atoms with Crippen LogP contribution in [0.3, 0.4) is 0 Å². The first-order chi connectivity index (χ1) is 12.7. The van der Waals surface area contributed by atoms with Crippen LogP contribution in [-0.4, -0.2) is 18.0 Å². The Labute approximate surface area is 160 Å². The van der Waals surface area contributed by atoms with Gasteiger partial charge in [0.05, 0.1) is 12.7 Å². The molecular weight excluding hydrogens is 396 g/mol. The highest BCUT2D eigenvalue weighted by atomic mass is 79.9. The summed E-state index contributed by atoms with van der Waals surface area (Å²) in [6.07, 6.45) is 1.49. The molecule has 0 unspecified atom stereocenters. The van der Waals surface area contributed by atoms with Crippen LogP contribution in [0.15, 0.2) is 71.3 Å². The van der Waals surface area contributed by atoms with Crippen molar-refractivity contribution in [3.8, 4) is 17.4 Å². The number of rotatable bonds is 6. The van der Waals surface area contributed by atoms with E-state index in [0.717, 1.165) is 15.8 Å². The number of hydrogen-bond acceptors (Lipinski definition) is 4.